The fraction of sp³-hybridized carbons (Fsp3) is 0.280. The average molecular weight is 341 g/mol. The van der Waals surface area contributed by atoms with Crippen molar-refractivity contribution in [3.8, 4) is 0 Å². The molecule has 3 aromatic rings. The van der Waals surface area contributed by atoms with Crippen LogP contribution in [0.1, 0.15) is 51.3 Å². The number of benzene rings is 3. The maximum atomic E-state index is 2.42. The molecule has 0 aliphatic carbocycles. The van der Waals surface area contributed by atoms with Crippen molar-refractivity contribution in [2.75, 3.05) is 4.90 Å². The summed E-state index contributed by atoms with van der Waals surface area (Å²) in [6.07, 6.45) is 0. The van der Waals surface area contributed by atoms with Gasteiger partial charge >= 0.3 is 0 Å². The van der Waals surface area contributed by atoms with Gasteiger partial charge < -0.3 is 4.90 Å². The lowest BCUT2D eigenvalue weighted by Gasteiger charge is -2.42. The van der Waals surface area contributed by atoms with E-state index < -0.39 is 0 Å². The monoisotopic (exact) mass is 341 g/mol. The first-order chi connectivity index (χ1) is 12.3. The van der Waals surface area contributed by atoms with E-state index in [1.54, 1.807) is 0 Å². The molecule has 0 N–H and O–H groups in total. The Morgan fingerprint density at radius 2 is 1.31 bits per heavy atom. The number of hydrogen-bond donors (Lipinski definition) is 0. The van der Waals surface area contributed by atoms with Gasteiger partial charge in [-0.25, -0.2) is 0 Å². The molecular weight excluding hydrogens is 314 g/mol. The fourth-order valence-electron chi connectivity index (χ4n) is 4.03. The smallest absolute Gasteiger partial charge is 0.0502 e. The lowest BCUT2D eigenvalue weighted by Crippen LogP contribution is -2.31. The lowest BCUT2D eigenvalue weighted by molar-refractivity contribution is 0.580. The molecule has 0 atom stereocenters. The number of hydrogen-bond acceptors (Lipinski definition) is 1. The van der Waals surface area contributed by atoms with E-state index in [0.717, 1.165) is 0 Å². The van der Waals surface area contributed by atoms with E-state index in [1.165, 1.54) is 33.8 Å². The van der Waals surface area contributed by atoms with E-state index in [2.05, 4.69) is 112 Å². The van der Waals surface area contributed by atoms with E-state index in [1.807, 2.05) is 0 Å². The van der Waals surface area contributed by atoms with Gasteiger partial charge in [-0.15, -0.1) is 0 Å². The maximum absolute atomic E-state index is 2.42. The summed E-state index contributed by atoms with van der Waals surface area (Å²) >= 11 is 0. The zero-order valence-electron chi connectivity index (χ0n) is 16.4. The van der Waals surface area contributed by atoms with Crippen molar-refractivity contribution in [3.63, 3.8) is 0 Å². The van der Waals surface area contributed by atoms with Gasteiger partial charge in [-0.2, -0.15) is 0 Å². The lowest BCUT2D eigenvalue weighted by atomic mass is 9.71. The summed E-state index contributed by atoms with van der Waals surface area (Å²) in [6, 6.07) is 26.5. The van der Waals surface area contributed by atoms with Crippen LogP contribution < -0.4 is 4.90 Å². The Bertz CT molecular complexity index is 945. The molecule has 26 heavy (non-hydrogen) atoms. The Balaban J connectivity index is 2.02. The summed E-state index contributed by atoms with van der Waals surface area (Å²) in [5, 5.41) is 0. The van der Waals surface area contributed by atoms with Crippen molar-refractivity contribution in [2.45, 2.75) is 45.4 Å². The van der Waals surface area contributed by atoms with Gasteiger partial charge in [-0.3, -0.25) is 0 Å². The number of anilines is 3. The summed E-state index contributed by atoms with van der Waals surface area (Å²) < 4.78 is 0. The van der Waals surface area contributed by atoms with Gasteiger partial charge in [0.05, 0.1) is 11.4 Å². The van der Waals surface area contributed by atoms with Crippen LogP contribution in [0.2, 0.25) is 0 Å². The molecule has 0 fully saturated rings. The molecule has 3 aromatic carbocycles. The van der Waals surface area contributed by atoms with Crippen LogP contribution in [0.15, 0.2) is 72.8 Å². The number of fused-ring (bicyclic) bond motifs is 2. The van der Waals surface area contributed by atoms with Gasteiger partial charge in [0, 0.05) is 11.1 Å². The third kappa shape index (κ3) is 2.54. The van der Waals surface area contributed by atoms with Crippen LogP contribution in [-0.4, -0.2) is 0 Å². The molecule has 1 nitrogen and oxygen atoms in total. The second-order valence-electron chi connectivity index (χ2n) is 8.80. The highest BCUT2D eigenvalue weighted by molar-refractivity contribution is 5.85. The number of para-hydroxylation sites is 2. The van der Waals surface area contributed by atoms with Crippen LogP contribution in [0.4, 0.5) is 17.1 Å². The predicted molar refractivity (Wildman–Crippen MR) is 112 cm³/mol. The molecule has 0 saturated heterocycles. The summed E-state index contributed by atoms with van der Waals surface area (Å²) in [5.74, 6) is 0. The average Bonchev–Trinajstić information content (AvgIpc) is 2.62. The molecule has 0 unspecified atom stereocenters. The molecule has 0 saturated carbocycles. The summed E-state index contributed by atoms with van der Waals surface area (Å²) in [4.78, 5) is 2.41. The molecule has 0 amide bonds. The Kier molecular flexibility index (Phi) is 3.73. The van der Waals surface area contributed by atoms with Crippen molar-refractivity contribution in [2.24, 2.45) is 0 Å². The van der Waals surface area contributed by atoms with Gasteiger partial charge in [0.15, 0.2) is 0 Å². The van der Waals surface area contributed by atoms with Gasteiger partial charge in [0.25, 0.3) is 0 Å². The first-order valence-corrected chi connectivity index (χ1v) is 9.40. The van der Waals surface area contributed by atoms with Gasteiger partial charge in [-0.05, 0) is 46.4 Å². The Morgan fingerprint density at radius 3 is 2.00 bits per heavy atom. The minimum Gasteiger partial charge on any atom is -0.310 e. The van der Waals surface area contributed by atoms with E-state index in [4.69, 9.17) is 0 Å². The molecule has 1 aliphatic heterocycles. The van der Waals surface area contributed by atoms with Crippen molar-refractivity contribution >= 4 is 17.1 Å². The van der Waals surface area contributed by atoms with Crippen molar-refractivity contribution < 1.29 is 0 Å². The molecule has 4 rings (SSSR count). The Hall–Kier alpha value is -2.54. The molecule has 0 radical (unpaired) electrons. The summed E-state index contributed by atoms with van der Waals surface area (Å²) in [7, 11) is 0. The van der Waals surface area contributed by atoms with E-state index >= 15 is 0 Å². The van der Waals surface area contributed by atoms with E-state index in [0.29, 0.717) is 0 Å². The number of nitrogens with zero attached hydrogens (tertiary/aromatic N) is 1. The van der Waals surface area contributed by atoms with Gasteiger partial charge in [0.2, 0.25) is 0 Å². The third-order valence-corrected chi connectivity index (χ3v) is 5.61. The van der Waals surface area contributed by atoms with Crippen LogP contribution in [0.3, 0.4) is 0 Å². The largest absolute Gasteiger partial charge is 0.310 e. The zero-order chi connectivity index (χ0) is 18.5. The molecule has 1 aliphatic rings. The van der Waals surface area contributed by atoms with Crippen LogP contribution >= 0.6 is 0 Å². The Morgan fingerprint density at radius 1 is 0.692 bits per heavy atom. The van der Waals surface area contributed by atoms with Crippen molar-refractivity contribution in [1.82, 2.24) is 0 Å². The van der Waals surface area contributed by atoms with Gasteiger partial charge in [-0.1, -0.05) is 83.1 Å². The highest BCUT2D eigenvalue weighted by Crippen LogP contribution is 2.52. The second kappa shape index (κ2) is 5.74. The molecule has 0 bridgehead atoms. The topological polar surface area (TPSA) is 3.24 Å². The fourth-order valence-corrected chi connectivity index (χ4v) is 4.03. The van der Waals surface area contributed by atoms with Crippen LogP contribution in [0.5, 0.6) is 0 Å². The molecule has 0 spiro atoms. The normalized spacial score (nSPS) is 15.3. The molecular formula is C25H27N. The van der Waals surface area contributed by atoms with Crippen LogP contribution in [0.25, 0.3) is 0 Å². The van der Waals surface area contributed by atoms with Gasteiger partial charge in [0.1, 0.15) is 0 Å². The highest BCUT2D eigenvalue weighted by Gasteiger charge is 2.37. The van der Waals surface area contributed by atoms with E-state index in [-0.39, 0.29) is 10.8 Å². The molecule has 1 heteroatoms. The highest BCUT2D eigenvalue weighted by atomic mass is 15.2. The van der Waals surface area contributed by atoms with Crippen LogP contribution in [0, 0.1) is 0 Å². The summed E-state index contributed by atoms with van der Waals surface area (Å²) in [5.41, 5.74) is 8.04. The molecule has 0 aromatic heterocycles. The van der Waals surface area contributed by atoms with Crippen molar-refractivity contribution in [1.29, 1.82) is 0 Å². The minimum absolute atomic E-state index is 0.0293. The molecule has 132 valence electrons. The van der Waals surface area contributed by atoms with Crippen molar-refractivity contribution in [3.05, 3.63) is 89.5 Å². The Labute approximate surface area is 157 Å². The molecule has 1 heterocycles. The first-order valence-electron chi connectivity index (χ1n) is 9.40. The predicted octanol–water partition coefficient (Wildman–Crippen LogP) is 7.09. The first kappa shape index (κ1) is 16.9. The second-order valence-corrected chi connectivity index (χ2v) is 8.80. The minimum atomic E-state index is -0.0293. The third-order valence-electron chi connectivity index (χ3n) is 5.61. The number of rotatable bonds is 1. The zero-order valence-corrected chi connectivity index (χ0v) is 16.4. The standard InChI is InChI=1S/C25H27N/c1-24(2,3)18-15-16-23-21(17-18)25(4,5)20-13-9-10-14-22(20)26(23)19-11-7-6-8-12-19/h6-17H,1-5H3. The summed E-state index contributed by atoms with van der Waals surface area (Å²) in [6.45, 7) is 11.5. The quantitative estimate of drug-likeness (QED) is 0.456. The van der Waals surface area contributed by atoms with E-state index in [9.17, 15) is 0 Å². The van der Waals surface area contributed by atoms with Crippen LogP contribution in [-0.2, 0) is 10.8 Å². The maximum Gasteiger partial charge on any atom is 0.0502 e. The SMILES string of the molecule is CC(C)(C)c1ccc2c(c1)C(C)(C)c1ccccc1N2c1ccccc1.